The van der Waals surface area contributed by atoms with Gasteiger partial charge in [0.05, 0.1) is 12.1 Å². The third-order valence-electron chi connectivity index (χ3n) is 4.36. The molecule has 0 atom stereocenters. The average Bonchev–Trinajstić information content (AvgIpc) is 2.71. The number of rotatable bonds is 6. The van der Waals surface area contributed by atoms with Crippen molar-refractivity contribution in [3.8, 4) is 0 Å². The van der Waals surface area contributed by atoms with Gasteiger partial charge in [0.15, 0.2) is 0 Å². The molecule has 122 valence electrons. The quantitative estimate of drug-likeness (QED) is 0.793. The summed E-state index contributed by atoms with van der Waals surface area (Å²) in [6.45, 7) is 1.48. The Labute approximate surface area is 133 Å². The molecule has 0 aromatic heterocycles. The van der Waals surface area contributed by atoms with Gasteiger partial charge in [-0.2, -0.15) is 0 Å². The number of carbonyl (C=O) groups is 1. The molecule has 0 saturated heterocycles. The molecule has 4 heteroatoms. The van der Waals surface area contributed by atoms with Gasteiger partial charge in [-0.3, -0.25) is 9.69 Å². The summed E-state index contributed by atoms with van der Waals surface area (Å²) in [5.41, 5.74) is 0.490. The predicted molar refractivity (Wildman–Crippen MR) is 88.4 cm³/mol. The van der Waals surface area contributed by atoms with Gasteiger partial charge in [0.2, 0.25) is 5.91 Å². The minimum atomic E-state index is -0.704. The van der Waals surface area contributed by atoms with Crippen LogP contribution in [-0.4, -0.2) is 41.7 Å². The fourth-order valence-corrected chi connectivity index (χ4v) is 3.08. The van der Waals surface area contributed by atoms with Crippen molar-refractivity contribution in [2.24, 2.45) is 0 Å². The largest absolute Gasteiger partial charge is 0.388 e. The first-order chi connectivity index (χ1) is 10.6. The van der Waals surface area contributed by atoms with Gasteiger partial charge >= 0.3 is 0 Å². The summed E-state index contributed by atoms with van der Waals surface area (Å²) in [6, 6.07) is 10.1. The lowest BCUT2D eigenvalue weighted by Crippen LogP contribution is -2.45. The van der Waals surface area contributed by atoms with Crippen molar-refractivity contribution >= 4 is 5.91 Å². The Morgan fingerprint density at radius 2 is 1.82 bits per heavy atom. The van der Waals surface area contributed by atoms with E-state index in [1.54, 1.807) is 0 Å². The number of aliphatic hydroxyl groups is 1. The molecule has 0 aliphatic heterocycles. The lowest BCUT2D eigenvalue weighted by molar-refractivity contribution is -0.123. The lowest BCUT2D eigenvalue weighted by Gasteiger charge is -2.27. The van der Waals surface area contributed by atoms with Crippen molar-refractivity contribution in [1.82, 2.24) is 10.2 Å². The van der Waals surface area contributed by atoms with Crippen molar-refractivity contribution in [2.45, 2.75) is 50.7 Å². The Morgan fingerprint density at radius 1 is 1.18 bits per heavy atom. The minimum Gasteiger partial charge on any atom is -0.388 e. The highest BCUT2D eigenvalue weighted by Gasteiger charge is 2.28. The van der Waals surface area contributed by atoms with Crippen LogP contribution in [0.2, 0.25) is 0 Å². The number of amides is 1. The zero-order chi connectivity index (χ0) is 15.8. The first kappa shape index (κ1) is 17.0. The molecule has 2 N–H and O–H groups in total. The van der Waals surface area contributed by atoms with Crippen LogP contribution >= 0.6 is 0 Å². The van der Waals surface area contributed by atoms with Crippen LogP contribution in [0.3, 0.4) is 0 Å². The Hall–Kier alpha value is -1.39. The van der Waals surface area contributed by atoms with Crippen molar-refractivity contribution in [2.75, 3.05) is 20.1 Å². The molecule has 0 spiro atoms. The summed E-state index contributed by atoms with van der Waals surface area (Å²) in [6.07, 6.45) is 6.09. The second kappa shape index (κ2) is 8.30. The molecule has 2 rings (SSSR count). The molecular formula is C18H28N2O2. The van der Waals surface area contributed by atoms with Gasteiger partial charge in [0, 0.05) is 13.1 Å². The molecule has 0 heterocycles. The van der Waals surface area contributed by atoms with Crippen LogP contribution in [0, 0.1) is 0 Å². The number of carbonyl (C=O) groups excluding carboxylic acids is 1. The van der Waals surface area contributed by atoms with E-state index in [0.29, 0.717) is 13.1 Å². The molecule has 1 aromatic rings. The third kappa shape index (κ3) is 5.78. The molecule has 0 unspecified atom stereocenters. The molecular weight excluding hydrogens is 276 g/mol. The molecule has 0 bridgehead atoms. The van der Waals surface area contributed by atoms with Gasteiger partial charge < -0.3 is 10.4 Å². The standard InChI is InChI=1S/C18H28N2O2/c1-20(13-16-9-5-4-6-10-16)14-17(21)19-15-18(22)11-7-2-3-8-12-18/h4-6,9-10,22H,2-3,7-8,11-15H2,1H3,(H,19,21). The Kier molecular flexibility index (Phi) is 6.40. The van der Waals surface area contributed by atoms with E-state index in [-0.39, 0.29) is 5.91 Å². The van der Waals surface area contributed by atoms with E-state index in [1.165, 1.54) is 18.4 Å². The van der Waals surface area contributed by atoms with Crippen molar-refractivity contribution in [3.63, 3.8) is 0 Å². The molecule has 4 nitrogen and oxygen atoms in total. The van der Waals surface area contributed by atoms with Crippen LogP contribution in [0.1, 0.15) is 44.1 Å². The summed E-state index contributed by atoms with van der Waals surface area (Å²) in [4.78, 5) is 14.0. The number of benzene rings is 1. The number of hydrogen-bond acceptors (Lipinski definition) is 3. The number of likely N-dealkylation sites (N-methyl/N-ethyl adjacent to an activating group) is 1. The summed E-state index contributed by atoms with van der Waals surface area (Å²) >= 11 is 0. The normalized spacial score (nSPS) is 18.0. The van der Waals surface area contributed by atoms with E-state index in [1.807, 2.05) is 30.1 Å². The van der Waals surface area contributed by atoms with Gasteiger partial charge in [0.1, 0.15) is 0 Å². The summed E-state index contributed by atoms with van der Waals surface area (Å²) < 4.78 is 0. The molecule has 1 aromatic carbocycles. The second-order valence-electron chi connectivity index (χ2n) is 6.57. The van der Waals surface area contributed by atoms with Crippen molar-refractivity contribution in [3.05, 3.63) is 35.9 Å². The average molecular weight is 304 g/mol. The van der Waals surface area contributed by atoms with Crippen molar-refractivity contribution in [1.29, 1.82) is 0 Å². The maximum absolute atomic E-state index is 12.1. The molecule has 22 heavy (non-hydrogen) atoms. The van der Waals surface area contributed by atoms with Gasteiger partial charge in [-0.15, -0.1) is 0 Å². The van der Waals surface area contributed by atoms with E-state index in [0.717, 1.165) is 32.2 Å². The molecule has 1 aliphatic rings. The fourth-order valence-electron chi connectivity index (χ4n) is 3.08. The zero-order valence-electron chi connectivity index (χ0n) is 13.6. The topological polar surface area (TPSA) is 52.6 Å². The highest BCUT2D eigenvalue weighted by atomic mass is 16.3. The highest BCUT2D eigenvalue weighted by Crippen LogP contribution is 2.26. The molecule has 0 radical (unpaired) electrons. The van der Waals surface area contributed by atoms with Crippen LogP contribution in [-0.2, 0) is 11.3 Å². The zero-order valence-corrected chi connectivity index (χ0v) is 13.6. The van der Waals surface area contributed by atoms with E-state index in [9.17, 15) is 9.90 Å². The smallest absolute Gasteiger partial charge is 0.234 e. The van der Waals surface area contributed by atoms with Gasteiger partial charge in [-0.05, 0) is 25.5 Å². The molecule has 1 aliphatic carbocycles. The fraction of sp³-hybridized carbons (Fsp3) is 0.611. The maximum Gasteiger partial charge on any atom is 0.234 e. The van der Waals surface area contributed by atoms with E-state index in [2.05, 4.69) is 17.4 Å². The van der Waals surface area contributed by atoms with Crippen LogP contribution in [0.5, 0.6) is 0 Å². The van der Waals surface area contributed by atoms with E-state index < -0.39 is 5.60 Å². The van der Waals surface area contributed by atoms with Crippen LogP contribution in [0.15, 0.2) is 30.3 Å². The first-order valence-electron chi connectivity index (χ1n) is 8.29. The minimum absolute atomic E-state index is 0.0175. The maximum atomic E-state index is 12.1. The van der Waals surface area contributed by atoms with Crippen LogP contribution in [0.25, 0.3) is 0 Å². The van der Waals surface area contributed by atoms with Crippen LogP contribution in [0.4, 0.5) is 0 Å². The number of nitrogens with zero attached hydrogens (tertiary/aromatic N) is 1. The van der Waals surface area contributed by atoms with E-state index >= 15 is 0 Å². The third-order valence-corrected chi connectivity index (χ3v) is 4.36. The van der Waals surface area contributed by atoms with E-state index in [4.69, 9.17) is 0 Å². The first-order valence-corrected chi connectivity index (χ1v) is 8.29. The van der Waals surface area contributed by atoms with Crippen molar-refractivity contribution < 1.29 is 9.90 Å². The molecule has 1 fully saturated rings. The summed E-state index contributed by atoms with van der Waals surface area (Å²) in [7, 11) is 1.94. The summed E-state index contributed by atoms with van der Waals surface area (Å²) in [5.74, 6) is -0.0175. The molecule has 1 saturated carbocycles. The SMILES string of the molecule is CN(CC(=O)NCC1(O)CCCCCC1)Cc1ccccc1. The Morgan fingerprint density at radius 3 is 2.45 bits per heavy atom. The predicted octanol–water partition coefficient (Wildman–Crippen LogP) is 2.32. The summed E-state index contributed by atoms with van der Waals surface area (Å²) in [5, 5.41) is 13.4. The highest BCUT2D eigenvalue weighted by molar-refractivity contribution is 5.78. The van der Waals surface area contributed by atoms with Gasteiger partial charge in [0.25, 0.3) is 0 Å². The number of nitrogens with one attached hydrogen (secondary N) is 1. The Bertz CT molecular complexity index is 453. The van der Waals surface area contributed by atoms with Crippen LogP contribution < -0.4 is 5.32 Å². The van der Waals surface area contributed by atoms with Gasteiger partial charge in [-0.1, -0.05) is 56.0 Å². The Balaban J connectivity index is 1.72. The monoisotopic (exact) mass is 304 g/mol. The molecule has 1 amide bonds. The second-order valence-corrected chi connectivity index (χ2v) is 6.57. The number of hydrogen-bond donors (Lipinski definition) is 2. The lowest BCUT2D eigenvalue weighted by atomic mass is 9.94. The van der Waals surface area contributed by atoms with Gasteiger partial charge in [-0.25, -0.2) is 0 Å².